The van der Waals surface area contributed by atoms with Crippen LogP contribution < -0.4 is 10.6 Å². The summed E-state index contributed by atoms with van der Waals surface area (Å²) >= 11 is 0. The molecule has 20 heavy (non-hydrogen) atoms. The first kappa shape index (κ1) is 16.7. The number of carboxylic acids is 1. The Kier molecular flexibility index (Phi) is 5.75. The van der Waals surface area contributed by atoms with E-state index in [4.69, 9.17) is 4.74 Å². The van der Waals surface area contributed by atoms with Gasteiger partial charge in [-0.2, -0.15) is 13.2 Å². The minimum absolute atomic E-state index is 0.113. The van der Waals surface area contributed by atoms with Gasteiger partial charge in [0.2, 0.25) is 5.91 Å². The van der Waals surface area contributed by atoms with Gasteiger partial charge >= 0.3 is 12.1 Å². The summed E-state index contributed by atoms with van der Waals surface area (Å²) in [4.78, 5) is 22.6. The van der Waals surface area contributed by atoms with Crippen LogP contribution in [0.1, 0.15) is 12.8 Å². The molecule has 0 aromatic carbocycles. The third-order valence-corrected chi connectivity index (χ3v) is 3.14. The number of amides is 1. The number of hydrogen-bond donors (Lipinski definition) is 3. The largest absolute Gasteiger partial charge is 0.481 e. The first-order valence-electron chi connectivity index (χ1n) is 6.10. The molecule has 9 heteroatoms. The molecule has 1 heterocycles. The highest BCUT2D eigenvalue weighted by molar-refractivity contribution is 5.80. The molecule has 6 nitrogen and oxygen atoms in total. The lowest BCUT2D eigenvalue weighted by atomic mass is 9.80. The Labute approximate surface area is 113 Å². The summed E-state index contributed by atoms with van der Waals surface area (Å²) < 4.78 is 40.7. The van der Waals surface area contributed by atoms with Gasteiger partial charge in [-0.25, -0.2) is 0 Å². The van der Waals surface area contributed by atoms with E-state index in [0.29, 0.717) is 0 Å². The van der Waals surface area contributed by atoms with E-state index in [0.717, 1.165) is 0 Å². The van der Waals surface area contributed by atoms with Gasteiger partial charge in [-0.15, -0.1) is 0 Å². The maximum atomic E-state index is 11.9. The van der Waals surface area contributed by atoms with Crippen LogP contribution in [0.25, 0.3) is 0 Å². The maximum absolute atomic E-state index is 11.9. The third-order valence-electron chi connectivity index (χ3n) is 3.14. The van der Waals surface area contributed by atoms with Crippen molar-refractivity contribution in [3.05, 3.63) is 0 Å². The second-order valence-electron chi connectivity index (χ2n) is 4.69. The topological polar surface area (TPSA) is 87.7 Å². The van der Waals surface area contributed by atoms with Crippen LogP contribution in [0.3, 0.4) is 0 Å². The Bertz CT molecular complexity index is 354. The number of carbonyl (C=O) groups is 2. The summed E-state index contributed by atoms with van der Waals surface area (Å²) in [5.74, 6) is -1.70. The highest BCUT2D eigenvalue weighted by atomic mass is 19.4. The van der Waals surface area contributed by atoms with E-state index in [1.54, 1.807) is 0 Å². The minimum Gasteiger partial charge on any atom is -0.481 e. The zero-order valence-electron chi connectivity index (χ0n) is 10.8. The minimum atomic E-state index is -4.39. The summed E-state index contributed by atoms with van der Waals surface area (Å²) in [5, 5.41) is 13.5. The summed E-state index contributed by atoms with van der Waals surface area (Å²) in [6, 6.07) is 0. The quantitative estimate of drug-likeness (QED) is 0.649. The Morgan fingerprint density at radius 1 is 1.25 bits per heavy atom. The summed E-state index contributed by atoms with van der Waals surface area (Å²) in [7, 11) is 0. The predicted molar refractivity (Wildman–Crippen MR) is 62.1 cm³/mol. The highest BCUT2D eigenvalue weighted by Crippen LogP contribution is 2.29. The van der Waals surface area contributed by atoms with Crippen molar-refractivity contribution in [2.75, 3.05) is 32.8 Å². The van der Waals surface area contributed by atoms with Gasteiger partial charge in [0, 0.05) is 19.8 Å². The average Bonchev–Trinajstić information content (AvgIpc) is 2.36. The van der Waals surface area contributed by atoms with E-state index in [9.17, 15) is 27.9 Å². The van der Waals surface area contributed by atoms with E-state index < -0.39 is 36.6 Å². The molecule has 0 aromatic rings. The fourth-order valence-electron chi connectivity index (χ4n) is 1.88. The average molecular weight is 298 g/mol. The van der Waals surface area contributed by atoms with Crippen molar-refractivity contribution in [1.29, 1.82) is 0 Å². The second kappa shape index (κ2) is 6.89. The fourth-order valence-corrected chi connectivity index (χ4v) is 1.88. The predicted octanol–water partition coefficient (Wildman–Crippen LogP) is 0.136. The number of alkyl halides is 3. The summed E-state index contributed by atoms with van der Waals surface area (Å²) in [5.41, 5.74) is -1.10. The molecule has 1 amide bonds. The number of carboxylic acid groups (broad SMARTS) is 1. The lowest BCUT2D eigenvalue weighted by Gasteiger charge is -2.33. The van der Waals surface area contributed by atoms with Crippen molar-refractivity contribution in [3.8, 4) is 0 Å². The van der Waals surface area contributed by atoms with E-state index >= 15 is 0 Å². The van der Waals surface area contributed by atoms with Crippen molar-refractivity contribution < 1.29 is 32.6 Å². The molecular formula is C11H17F3N2O4. The molecule has 0 aromatic heterocycles. The van der Waals surface area contributed by atoms with Gasteiger partial charge in [0.25, 0.3) is 0 Å². The maximum Gasteiger partial charge on any atom is 0.401 e. The smallest absolute Gasteiger partial charge is 0.401 e. The molecule has 1 saturated heterocycles. The van der Waals surface area contributed by atoms with Gasteiger partial charge in [0.1, 0.15) is 0 Å². The van der Waals surface area contributed by atoms with Crippen molar-refractivity contribution >= 4 is 11.9 Å². The Morgan fingerprint density at radius 2 is 1.85 bits per heavy atom. The third kappa shape index (κ3) is 5.33. The number of aliphatic carboxylic acids is 1. The normalized spacial score (nSPS) is 18.6. The van der Waals surface area contributed by atoms with Crippen LogP contribution in [0.4, 0.5) is 13.2 Å². The molecule has 0 saturated carbocycles. The number of hydrogen-bond acceptors (Lipinski definition) is 4. The van der Waals surface area contributed by atoms with Gasteiger partial charge < -0.3 is 20.5 Å². The molecule has 1 rings (SSSR count). The first-order valence-corrected chi connectivity index (χ1v) is 6.10. The van der Waals surface area contributed by atoms with Crippen molar-refractivity contribution in [2.45, 2.75) is 19.0 Å². The van der Waals surface area contributed by atoms with E-state index in [1.165, 1.54) is 0 Å². The molecule has 0 aliphatic carbocycles. The van der Waals surface area contributed by atoms with E-state index in [1.807, 2.05) is 5.32 Å². The fraction of sp³-hybridized carbons (Fsp3) is 0.818. The Balaban J connectivity index is 2.36. The van der Waals surface area contributed by atoms with Crippen molar-refractivity contribution in [3.63, 3.8) is 0 Å². The van der Waals surface area contributed by atoms with Crippen LogP contribution in [0.2, 0.25) is 0 Å². The highest BCUT2D eigenvalue weighted by Gasteiger charge is 2.40. The summed E-state index contributed by atoms with van der Waals surface area (Å²) in [6.07, 6.45) is -3.86. The molecule has 0 spiro atoms. The Morgan fingerprint density at radius 3 is 2.35 bits per heavy atom. The number of rotatable bonds is 6. The van der Waals surface area contributed by atoms with Gasteiger partial charge in [-0.1, -0.05) is 0 Å². The van der Waals surface area contributed by atoms with Crippen LogP contribution in [-0.4, -0.2) is 56.0 Å². The first-order chi connectivity index (χ1) is 9.25. The van der Waals surface area contributed by atoms with Gasteiger partial charge in [-0.05, 0) is 12.8 Å². The van der Waals surface area contributed by atoms with Crippen molar-refractivity contribution in [1.82, 2.24) is 10.6 Å². The van der Waals surface area contributed by atoms with Crippen LogP contribution in [0, 0.1) is 5.41 Å². The molecular weight excluding hydrogens is 281 g/mol. The van der Waals surface area contributed by atoms with Crippen molar-refractivity contribution in [2.24, 2.45) is 5.41 Å². The van der Waals surface area contributed by atoms with E-state index in [2.05, 4.69) is 5.32 Å². The second-order valence-corrected chi connectivity index (χ2v) is 4.69. The number of halogens is 3. The lowest BCUT2D eigenvalue weighted by molar-refractivity contribution is -0.154. The van der Waals surface area contributed by atoms with E-state index in [-0.39, 0.29) is 32.6 Å². The SMILES string of the molecule is O=C(CNCC(F)(F)F)NCC1(C(=O)O)CCOCC1. The van der Waals surface area contributed by atoms with Crippen LogP contribution >= 0.6 is 0 Å². The molecule has 0 radical (unpaired) electrons. The summed E-state index contributed by atoms with van der Waals surface area (Å²) in [6.45, 7) is -1.31. The molecule has 0 atom stereocenters. The lowest BCUT2D eigenvalue weighted by Crippen LogP contribution is -2.48. The molecule has 3 N–H and O–H groups in total. The van der Waals surface area contributed by atoms with Crippen LogP contribution in [0.5, 0.6) is 0 Å². The van der Waals surface area contributed by atoms with Crippen LogP contribution in [0.15, 0.2) is 0 Å². The molecule has 0 bridgehead atoms. The molecule has 0 unspecified atom stereocenters. The number of nitrogens with one attached hydrogen (secondary N) is 2. The number of ether oxygens (including phenoxy) is 1. The monoisotopic (exact) mass is 298 g/mol. The molecule has 1 aliphatic rings. The van der Waals surface area contributed by atoms with Gasteiger partial charge in [0.05, 0.1) is 18.5 Å². The molecule has 1 fully saturated rings. The molecule has 116 valence electrons. The van der Waals surface area contributed by atoms with Crippen LogP contribution in [-0.2, 0) is 14.3 Å². The zero-order chi connectivity index (χ0) is 15.2. The Hall–Kier alpha value is -1.35. The number of carbonyl (C=O) groups excluding carboxylic acids is 1. The van der Waals surface area contributed by atoms with Gasteiger partial charge in [0.15, 0.2) is 0 Å². The van der Waals surface area contributed by atoms with Gasteiger partial charge in [-0.3, -0.25) is 9.59 Å². The standard InChI is InChI=1S/C11H17F3N2O4/c12-11(13,14)7-15-5-8(17)16-6-10(9(18)19)1-3-20-4-2-10/h15H,1-7H2,(H,16,17)(H,18,19). The zero-order valence-corrected chi connectivity index (χ0v) is 10.8. The molecule has 1 aliphatic heterocycles.